The zero-order valence-corrected chi connectivity index (χ0v) is 49.6. The Labute approximate surface area is 473 Å². The fourth-order valence-electron chi connectivity index (χ4n) is 11.5. The lowest BCUT2D eigenvalue weighted by molar-refractivity contribution is 0.00578. The minimum atomic E-state index is -0.476. The number of fused-ring (bicyclic) bond motifs is 18. The van der Waals surface area contributed by atoms with Crippen molar-refractivity contribution in [3.8, 4) is 0 Å². The highest BCUT2D eigenvalue weighted by Crippen LogP contribution is 2.46. The molecule has 0 atom stereocenters. The first-order valence-electron chi connectivity index (χ1n) is 27.1. The summed E-state index contributed by atoms with van der Waals surface area (Å²) < 4.78 is 42.9. The lowest BCUT2D eigenvalue weighted by Gasteiger charge is -2.32. The van der Waals surface area contributed by atoms with Crippen LogP contribution in [0.15, 0.2) is 162 Å². The predicted molar refractivity (Wildman–Crippen MR) is 339 cm³/mol. The van der Waals surface area contributed by atoms with Crippen molar-refractivity contribution in [1.29, 1.82) is 0 Å². The largest absolute Gasteiger partial charge is 0.494 e. The van der Waals surface area contributed by atoms with Crippen LogP contribution in [0.5, 0.6) is 0 Å². The fraction of sp³-hybridized carbons (Fsp3) is 0.273. The van der Waals surface area contributed by atoms with Crippen molar-refractivity contribution in [1.82, 2.24) is 0 Å². The number of rotatable bonds is 2. The van der Waals surface area contributed by atoms with Gasteiger partial charge >= 0.3 is 21.1 Å². The van der Waals surface area contributed by atoms with E-state index in [4.69, 9.17) is 27.9 Å². The summed E-state index contributed by atoms with van der Waals surface area (Å²) in [7, 11) is -1.29. The van der Waals surface area contributed by atoms with Gasteiger partial charge in [0.25, 0.3) is 0 Å². The average molecular weight is 1130 g/mol. The first kappa shape index (κ1) is 52.0. The van der Waals surface area contributed by atoms with Crippen LogP contribution in [0, 0.1) is 0 Å². The van der Waals surface area contributed by atoms with Crippen molar-refractivity contribution in [2.75, 3.05) is 0 Å². The maximum atomic E-state index is 6.31. The molecule has 3 saturated heterocycles. The summed E-state index contributed by atoms with van der Waals surface area (Å²) in [6.07, 6.45) is 0. The number of hydrogen-bond acceptors (Lipinski definition) is 8. The molecule has 0 N–H and O–H groups in total. The van der Waals surface area contributed by atoms with E-state index in [0.29, 0.717) is 0 Å². The van der Waals surface area contributed by atoms with Gasteiger partial charge in [-0.05, 0) is 196 Å². The second-order valence-corrected chi connectivity index (χ2v) is 27.5. The summed E-state index contributed by atoms with van der Waals surface area (Å²) in [4.78, 5) is 0. The number of benzene rings is 10. The van der Waals surface area contributed by atoms with E-state index < -0.39 is 14.0 Å². The van der Waals surface area contributed by atoms with E-state index in [1.807, 2.05) is 78.1 Å². The van der Waals surface area contributed by atoms with Crippen molar-refractivity contribution in [3.05, 3.63) is 162 Å². The van der Waals surface area contributed by atoms with E-state index in [1.165, 1.54) is 105 Å². The first-order chi connectivity index (χ1) is 37.0. The van der Waals surface area contributed by atoms with Crippen molar-refractivity contribution < 1.29 is 27.9 Å². The minimum absolute atomic E-state index is 0.341. The quantitative estimate of drug-likeness (QED) is 0.127. The molecule has 12 aromatic rings. The van der Waals surface area contributed by atoms with Crippen molar-refractivity contribution in [3.63, 3.8) is 0 Å². The van der Waals surface area contributed by atoms with Gasteiger partial charge in [0.05, 0.1) is 33.6 Å². The van der Waals surface area contributed by atoms with Crippen LogP contribution in [-0.2, 0) is 27.9 Å². The molecule has 0 aliphatic carbocycles. The van der Waals surface area contributed by atoms with Crippen LogP contribution in [-0.4, -0.2) is 54.7 Å². The van der Waals surface area contributed by atoms with Crippen molar-refractivity contribution in [2.24, 2.45) is 0 Å². The summed E-state index contributed by atoms with van der Waals surface area (Å²) in [5.41, 5.74) is -1.04. The van der Waals surface area contributed by atoms with Gasteiger partial charge in [-0.1, -0.05) is 131 Å². The summed E-state index contributed by atoms with van der Waals surface area (Å²) in [5.74, 6) is 0. The molecule has 3 fully saturated rings. The van der Waals surface area contributed by atoms with Gasteiger partial charge in [0.1, 0.15) is 0 Å². The Morgan fingerprint density at radius 1 is 0.282 bits per heavy atom. The van der Waals surface area contributed by atoms with E-state index in [9.17, 15) is 0 Å². The molecule has 390 valence electrons. The second kappa shape index (κ2) is 18.3. The molecule has 10 aromatic carbocycles. The van der Waals surface area contributed by atoms with Crippen molar-refractivity contribution in [2.45, 2.75) is 117 Å². The lowest BCUT2D eigenvalue weighted by Crippen LogP contribution is -2.41. The van der Waals surface area contributed by atoms with Gasteiger partial charge in [-0.15, -0.1) is 22.7 Å². The highest BCUT2D eigenvalue weighted by molar-refractivity contribution is 9.10. The highest BCUT2D eigenvalue weighted by atomic mass is 79.9. The maximum absolute atomic E-state index is 6.31. The molecule has 0 radical (unpaired) electrons. The van der Waals surface area contributed by atoms with Gasteiger partial charge in [0.2, 0.25) is 0 Å². The topological polar surface area (TPSA) is 55.4 Å². The number of halogens is 1. The predicted octanol–water partition coefficient (Wildman–Crippen LogP) is 18.3. The molecule has 78 heavy (non-hydrogen) atoms. The van der Waals surface area contributed by atoms with E-state index in [1.54, 1.807) is 0 Å². The van der Waals surface area contributed by atoms with Gasteiger partial charge in [0.15, 0.2) is 0 Å². The van der Waals surface area contributed by atoms with Crippen LogP contribution < -0.4 is 5.46 Å². The third-order valence-electron chi connectivity index (χ3n) is 17.9. The van der Waals surface area contributed by atoms with Crippen LogP contribution in [0.2, 0.25) is 0 Å². The molecule has 3 aliphatic rings. The SMILES string of the molecule is Brc1ccc2c(c1)sc1cc3c4ccccc4c4ccccc4c3cc12.CC1(C)OB(B2OC(C)(C)C(C)(C)O2)OC1(C)C.CC1(C)OB(c2ccc3c(c2)sc2cc4c5ccccc5c5ccccc5c4cc23)OC1(C)C. The smallest absolute Gasteiger partial charge is 0.405 e. The Morgan fingerprint density at radius 3 is 0.923 bits per heavy atom. The second-order valence-electron chi connectivity index (χ2n) is 24.4. The van der Waals surface area contributed by atoms with Gasteiger partial charge in [-0.25, -0.2) is 0 Å². The van der Waals surface area contributed by atoms with E-state index in [-0.39, 0.29) is 40.7 Å². The van der Waals surface area contributed by atoms with Gasteiger partial charge < -0.3 is 27.9 Å². The molecule has 0 amide bonds. The number of thiophene rings is 2. The lowest BCUT2D eigenvalue weighted by atomic mass is 9.49. The Kier molecular flexibility index (Phi) is 12.2. The molecule has 0 bridgehead atoms. The molecule has 5 heterocycles. The fourth-order valence-corrected chi connectivity index (χ4v) is 14.3. The van der Waals surface area contributed by atoms with Crippen LogP contribution in [0.1, 0.15) is 83.1 Å². The minimum Gasteiger partial charge on any atom is -0.405 e. The van der Waals surface area contributed by atoms with Gasteiger partial charge in [-0.2, -0.15) is 0 Å². The Hall–Kier alpha value is -5.37. The molecule has 2 aromatic heterocycles. The Balaban J connectivity index is 0.000000117. The average Bonchev–Trinajstić information content (AvgIpc) is 4.21. The van der Waals surface area contributed by atoms with Crippen molar-refractivity contribution >= 4 is 170 Å². The van der Waals surface area contributed by atoms with E-state index in [2.05, 4.69) is 201 Å². The zero-order chi connectivity index (χ0) is 54.5. The van der Waals surface area contributed by atoms with E-state index >= 15 is 0 Å². The summed E-state index contributed by atoms with van der Waals surface area (Å²) >= 11 is 7.33. The Bertz CT molecular complexity index is 4350. The van der Waals surface area contributed by atoms with Crippen LogP contribution >= 0.6 is 38.6 Å². The molecule has 12 heteroatoms. The highest BCUT2D eigenvalue weighted by Gasteiger charge is 2.63. The van der Waals surface area contributed by atoms with E-state index in [0.717, 1.165) is 9.94 Å². The van der Waals surface area contributed by atoms with Crippen LogP contribution in [0.25, 0.3) is 105 Å². The first-order valence-corrected chi connectivity index (χ1v) is 29.5. The monoisotopic (exact) mass is 1130 g/mol. The maximum Gasteiger partial charge on any atom is 0.494 e. The Morgan fingerprint density at radius 2 is 0.564 bits per heavy atom. The molecule has 0 saturated carbocycles. The van der Waals surface area contributed by atoms with Gasteiger partial charge in [-0.3, -0.25) is 0 Å². The summed E-state index contributed by atoms with van der Waals surface area (Å²) in [6, 6.07) is 57.9. The number of hydrogen-bond donors (Lipinski definition) is 0. The van der Waals surface area contributed by atoms with Crippen LogP contribution in [0.4, 0.5) is 0 Å². The standard InChI is InChI=1S/C30H25BO2S.C24H13BrS.C12H24B2O4/c1-29(2)30(3,4)33-31(32-29)18-13-14-23-26-16-24-21-11-7-5-9-19(21)20-10-6-8-12-22(20)25(24)17-28(26)34-27(23)15-18;25-14-9-10-19-22-12-20-17-7-3-1-5-15(17)16-6-2-4-8-18(16)21(20)13-24(22)26-23(19)11-14;1-9(2)10(3,4)16-13(15-9)14-17-11(5,6)12(7,8)18-14/h5-17H,1-4H3;1-13H;1-8H3. The molecule has 15 rings (SSSR count). The molecular weight excluding hydrogens is 1070 g/mol. The summed E-state index contributed by atoms with van der Waals surface area (Å²) in [6.45, 7) is 24.6. The van der Waals surface area contributed by atoms with Gasteiger partial charge in [0, 0.05) is 44.8 Å². The third kappa shape index (κ3) is 8.42. The third-order valence-corrected chi connectivity index (χ3v) is 20.7. The summed E-state index contributed by atoms with van der Waals surface area (Å²) in [5, 5.41) is 21.2. The molecule has 0 spiro atoms. The molecule has 3 aliphatic heterocycles. The van der Waals surface area contributed by atoms with Crippen LogP contribution in [0.3, 0.4) is 0 Å². The molecule has 6 nitrogen and oxygen atoms in total. The molecule has 0 unspecified atom stereocenters. The normalized spacial score (nSPS) is 19.1. The molecular formula is C66H62B3BrO6S2. The zero-order valence-electron chi connectivity index (χ0n) is 46.4.